The number of aliphatic hydroxyl groups excluding tert-OH is 1. The van der Waals surface area contributed by atoms with Crippen LogP contribution in [-0.4, -0.2) is 33.9 Å². The Bertz CT molecular complexity index is 903. The van der Waals surface area contributed by atoms with Gasteiger partial charge in [-0.3, -0.25) is 4.79 Å². The summed E-state index contributed by atoms with van der Waals surface area (Å²) in [4.78, 5) is 11.8. The van der Waals surface area contributed by atoms with E-state index in [-0.39, 0.29) is 19.1 Å². The van der Waals surface area contributed by atoms with E-state index < -0.39 is 0 Å². The third-order valence-corrected chi connectivity index (χ3v) is 3.96. The normalized spacial score (nSPS) is 11.0. The molecule has 3 aromatic rings. The summed E-state index contributed by atoms with van der Waals surface area (Å²) < 4.78 is 1.77. The summed E-state index contributed by atoms with van der Waals surface area (Å²) in [7, 11) is 0. The molecule has 0 bridgehead atoms. The third-order valence-electron chi connectivity index (χ3n) is 3.71. The zero-order valence-electron chi connectivity index (χ0n) is 14.0. The standard InChI is InChI=1S/C20H18ClN3O2/c21-17-9-6-15(7-10-17)20-16(8-11-19(26)22-12-13-25)14-24(23-20)18-4-2-1-3-5-18/h1-11,14,25H,12-13H2,(H,22,26)/b11-8+. The first-order valence-corrected chi connectivity index (χ1v) is 8.53. The van der Waals surface area contributed by atoms with Crippen LogP contribution in [0.5, 0.6) is 0 Å². The lowest BCUT2D eigenvalue weighted by Gasteiger charge is -2.01. The van der Waals surface area contributed by atoms with E-state index in [1.54, 1.807) is 22.9 Å². The Balaban J connectivity index is 1.97. The Kier molecular flexibility index (Phi) is 5.84. The van der Waals surface area contributed by atoms with Gasteiger partial charge in [-0.1, -0.05) is 41.9 Å². The number of benzene rings is 2. The summed E-state index contributed by atoms with van der Waals surface area (Å²) in [5, 5.41) is 16.7. The minimum atomic E-state index is -0.270. The van der Waals surface area contributed by atoms with Gasteiger partial charge in [-0.15, -0.1) is 0 Å². The third kappa shape index (κ3) is 4.39. The van der Waals surface area contributed by atoms with Crippen molar-refractivity contribution in [1.82, 2.24) is 15.1 Å². The number of nitrogens with one attached hydrogen (secondary N) is 1. The van der Waals surface area contributed by atoms with Crippen LogP contribution < -0.4 is 5.32 Å². The first-order chi connectivity index (χ1) is 12.7. The summed E-state index contributed by atoms with van der Waals surface area (Å²) in [6.07, 6.45) is 5.01. The largest absolute Gasteiger partial charge is 0.395 e. The smallest absolute Gasteiger partial charge is 0.244 e. The Hall–Kier alpha value is -2.89. The molecule has 0 aliphatic heterocycles. The second-order valence-corrected chi connectivity index (χ2v) is 6.00. The van der Waals surface area contributed by atoms with Crippen molar-refractivity contribution in [3.8, 4) is 16.9 Å². The van der Waals surface area contributed by atoms with Crippen molar-refractivity contribution in [2.45, 2.75) is 0 Å². The van der Waals surface area contributed by atoms with E-state index in [0.717, 1.165) is 22.5 Å². The summed E-state index contributed by atoms with van der Waals surface area (Å²) in [5.41, 5.74) is 3.37. The van der Waals surface area contributed by atoms with Crippen molar-refractivity contribution in [3.63, 3.8) is 0 Å². The van der Waals surface area contributed by atoms with Gasteiger partial charge in [0, 0.05) is 35.0 Å². The number of amides is 1. The average molecular weight is 368 g/mol. The predicted molar refractivity (Wildman–Crippen MR) is 103 cm³/mol. The number of hydrogen-bond acceptors (Lipinski definition) is 3. The van der Waals surface area contributed by atoms with Crippen LogP contribution in [0.3, 0.4) is 0 Å². The van der Waals surface area contributed by atoms with Gasteiger partial charge in [0.25, 0.3) is 0 Å². The minimum absolute atomic E-state index is 0.0957. The van der Waals surface area contributed by atoms with Gasteiger partial charge in [0.1, 0.15) is 0 Å². The average Bonchev–Trinajstić information content (AvgIpc) is 3.10. The van der Waals surface area contributed by atoms with Gasteiger partial charge in [0.15, 0.2) is 0 Å². The highest BCUT2D eigenvalue weighted by Crippen LogP contribution is 2.26. The van der Waals surface area contributed by atoms with E-state index in [9.17, 15) is 4.79 Å². The molecular weight excluding hydrogens is 350 g/mol. The Morgan fingerprint density at radius 1 is 1.15 bits per heavy atom. The number of aromatic nitrogens is 2. The first-order valence-electron chi connectivity index (χ1n) is 8.15. The monoisotopic (exact) mass is 367 g/mol. The minimum Gasteiger partial charge on any atom is -0.395 e. The van der Waals surface area contributed by atoms with Crippen LogP contribution in [0.1, 0.15) is 5.56 Å². The zero-order chi connectivity index (χ0) is 18.4. The van der Waals surface area contributed by atoms with Crippen LogP contribution in [0.2, 0.25) is 5.02 Å². The molecule has 0 saturated carbocycles. The van der Waals surface area contributed by atoms with E-state index in [1.807, 2.05) is 48.7 Å². The van der Waals surface area contributed by atoms with Crippen LogP contribution in [0, 0.1) is 0 Å². The van der Waals surface area contributed by atoms with Crippen molar-refractivity contribution in [3.05, 3.63) is 77.5 Å². The molecule has 0 saturated heterocycles. The molecule has 0 unspecified atom stereocenters. The molecule has 2 aromatic carbocycles. The lowest BCUT2D eigenvalue weighted by molar-refractivity contribution is -0.116. The maximum absolute atomic E-state index is 11.8. The molecule has 0 fully saturated rings. The molecule has 0 aliphatic carbocycles. The molecule has 0 atom stereocenters. The molecule has 26 heavy (non-hydrogen) atoms. The zero-order valence-corrected chi connectivity index (χ0v) is 14.7. The topological polar surface area (TPSA) is 67.2 Å². The quantitative estimate of drug-likeness (QED) is 0.657. The number of nitrogens with zero attached hydrogens (tertiary/aromatic N) is 2. The highest BCUT2D eigenvalue weighted by atomic mass is 35.5. The molecule has 0 radical (unpaired) electrons. The number of carbonyl (C=O) groups excluding carboxylic acids is 1. The maximum atomic E-state index is 11.8. The summed E-state index contributed by atoms with van der Waals surface area (Å²) in [5.74, 6) is -0.270. The van der Waals surface area contributed by atoms with E-state index in [2.05, 4.69) is 10.4 Å². The van der Waals surface area contributed by atoms with E-state index in [4.69, 9.17) is 16.7 Å². The predicted octanol–water partition coefficient (Wildman–Crippen LogP) is 3.31. The van der Waals surface area contributed by atoms with Crippen LogP contribution in [-0.2, 0) is 4.79 Å². The van der Waals surface area contributed by atoms with Crippen LogP contribution in [0.25, 0.3) is 23.0 Å². The van der Waals surface area contributed by atoms with Crippen molar-refractivity contribution in [2.24, 2.45) is 0 Å². The lowest BCUT2D eigenvalue weighted by atomic mass is 10.1. The summed E-state index contributed by atoms with van der Waals surface area (Å²) in [6.45, 7) is 0.123. The summed E-state index contributed by atoms with van der Waals surface area (Å²) >= 11 is 5.98. The number of halogens is 1. The molecule has 3 rings (SSSR count). The fraction of sp³-hybridized carbons (Fsp3) is 0.100. The van der Waals surface area contributed by atoms with Crippen LogP contribution >= 0.6 is 11.6 Å². The van der Waals surface area contributed by atoms with Gasteiger partial charge in [-0.2, -0.15) is 5.10 Å². The molecule has 0 spiro atoms. The Morgan fingerprint density at radius 2 is 1.88 bits per heavy atom. The highest BCUT2D eigenvalue weighted by Gasteiger charge is 2.11. The highest BCUT2D eigenvalue weighted by molar-refractivity contribution is 6.30. The number of aliphatic hydroxyl groups is 1. The molecule has 1 amide bonds. The molecule has 132 valence electrons. The Morgan fingerprint density at radius 3 is 2.58 bits per heavy atom. The Labute approximate surface area is 156 Å². The van der Waals surface area contributed by atoms with Crippen LogP contribution in [0.15, 0.2) is 66.9 Å². The lowest BCUT2D eigenvalue weighted by Crippen LogP contribution is -2.24. The second-order valence-electron chi connectivity index (χ2n) is 5.57. The van der Waals surface area contributed by atoms with Crippen molar-refractivity contribution in [1.29, 1.82) is 0 Å². The van der Waals surface area contributed by atoms with Gasteiger partial charge in [-0.25, -0.2) is 4.68 Å². The van der Waals surface area contributed by atoms with Gasteiger partial charge in [0.2, 0.25) is 5.91 Å². The number of hydrogen-bond donors (Lipinski definition) is 2. The van der Waals surface area contributed by atoms with Crippen LogP contribution in [0.4, 0.5) is 0 Å². The van der Waals surface area contributed by atoms with Crippen molar-refractivity contribution in [2.75, 3.05) is 13.2 Å². The molecule has 1 heterocycles. The van der Waals surface area contributed by atoms with E-state index >= 15 is 0 Å². The van der Waals surface area contributed by atoms with Gasteiger partial charge < -0.3 is 10.4 Å². The number of para-hydroxylation sites is 1. The van der Waals surface area contributed by atoms with Gasteiger partial charge >= 0.3 is 0 Å². The molecule has 2 N–H and O–H groups in total. The fourth-order valence-corrected chi connectivity index (χ4v) is 2.58. The summed E-state index contributed by atoms with van der Waals surface area (Å²) in [6, 6.07) is 17.1. The fourth-order valence-electron chi connectivity index (χ4n) is 2.46. The van der Waals surface area contributed by atoms with Gasteiger partial charge in [-0.05, 0) is 30.3 Å². The number of rotatable bonds is 6. The molecule has 1 aromatic heterocycles. The second kappa shape index (κ2) is 8.47. The SMILES string of the molecule is O=C(/C=C/c1cn(-c2ccccc2)nc1-c1ccc(Cl)cc1)NCCO. The maximum Gasteiger partial charge on any atom is 0.244 e. The molecule has 6 heteroatoms. The van der Waals surface area contributed by atoms with Gasteiger partial charge in [0.05, 0.1) is 18.0 Å². The van der Waals surface area contributed by atoms with E-state index in [1.165, 1.54) is 6.08 Å². The first kappa shape index (κ1) is 17.9. The van der Waals surface area contributed by atoms with Crippen molar-refractivity contribution < 1.29 is 9.90 Å². The number of carbonyl (C=O) groups is 1. The molecular formula is C20H18ClN3O2. The van der Waals surface area contributed by atoms with E-state index in [0.29, 0.717) is 5.02 Å². The molecule has 0 aliphatic rings. The van der Waals surface area contributed by atoms with Crippen molar-refractivity contribution >= 4 is 23.6 Å². The molecule has 5 nitrogen and oxygen atoms in total.